The molecular formula is C42H35Cl2N2SiZr. The van der Waals surface area contributed by atoms with Crippen LogP contribution in [0.4, 0.5) is 0 Å². The molecule has 2 aliphatic carbocycles. The molecule has 0 bridgehead atoms. The van der Waals surface area contributed by atoms with Crippen molar-refractivity contribution in [2.24, 2.45) is 0 Å². The van der Waals surface area contributed by atoms with E-state index in [0.29, 0.717) is 0 Å². The summed E-state index contributed by atoms with van der Waals surface area (Å²) in [7, 11) is 17.9. The second-order valence-corrected chi connectivity index (χ2v) is 51.5. The molecule has 48 heavy (non-hydrogen) atoms. The van der Waals surface area contributed by atoms with Crippen molar-refractivity contribution in [1.82, 2.24) is 9.97 Å². The average molecular weight is 758 g/mol. The number of nitrogens with zero attached hydrogens (tertiary/aromatic N) is 2. The monoisotopic (exact) mass is 755 g/mol. The van der Waals surface area contributed by atoms with Gasteiger partial charge in [-0.2, -0.15) is 0 Å². The molecule has 0 N–H and O–H groups in total. The maximum atomic E-state index is 8.94. The van der Waals surface area contributed by atoms with Crippen LogP contribution in [0.5, 0.6) is 0 Å². The van der Waals surface area contributed by atoms with Crippen LogP contribution in [0.15, 0.2) is 146 Å². The zero-order valence-electron chi connectivity index (χ0n) is 26.9. The van der Waals surface area contributed by atoms with Gasteiger partial charge in [-0.15, -0.1) is 0 Å². The standard InChI is InChI=1S/2C15H12N.C12H11Si.2ClH.Zr/c2*1-11-8-9-14(13-6-4-5-12(11)13)15-7-2-3-10-16-15;1-3-7-11(8-4-1)13-12-9-5-2-6-10-12;;;/h2*2-10H,1H3;1-10,13H;2*1H;/q;;;;;+2/p-2. The molecule has 2 atom stereocenters. The van der Waals surface area contributed by atoms with E-state index in [-0.39, 0.29) is 7.25 Å². The van der Waals surface area contributed by atoms with Gasteiger partial charge in [-0.25, -0.2) is 0 Å². The fraction of sp³-hybridized carbons (Fsp3) is 0.0952. The second-order valence-electron chi connectivity index (χ2n) is 13.1. The van der Waals surface area contributed by atoms with Crippen molar-refractivity contribution in [2.45, 2.75) is 21.1 Å². The third-order valence-electron chi connectivity index (χ3n) is 10.4. The topological polar surface area (TPSA) is 25.8 Å². The Kier molecular flexibility index (Phi) is 8.13. The average Bonchev–Trinajstić information content (AvgIpc) is 3.79. The molecule has 0 aliphatic heterocycles. The molecule has 2 aliphatic rings. The SMILES string of the molecule is Cc1ccc(-c2ccccn2)c2c1[CH]([Zr]([Cl])([Cl])([CH]1C=Cc3c(-c4ccccn4)ccc(C)c31)[SiH](c1ccccc1)c1ccccc1)C=C2. The van der Waals surface area contributed by atoms with Crippen LogP contribution in [0.1, 0.15) is 40.6 Å². The Morgan fingerprint density at radius 3 is 1.33 bits per heavy atom. The molecule has 0 radical (unpaired) electrons. The molecule has 0 saturated carbocycles. The van der Waals surface area contributed by atoms with Gasteiger partial charge in [0, 0.05) is 0 Å². The van der Waals surface area contributed by atoms with Gasteiger partial charge < -0.3 is 0 Å². The summed E-state index contributed by atoms with van der Waals surface area (Å²) >= 11 is -5.33. The molecule has 0 fully saturated rings. The Morgan fingerprint density at radius 2 is 0.938 bits per heavy atom. The van der Waals surface area contributed by atoms with Crippen molar-refractivity contribution in [3.63, 3.8) is 0 Å². The Bertz CT molecular complexity index is 2050. The number of benzene rings is 4. The predicted octanol–water partition coefficient (Wildman–Crippen LogP) is 9.80. The second kappa shape index (κ2) is 12.3. The number of fused-ring (bicyclic) bond motifs is 2. The van der Waals surface area contributed by atoms with Crippen LogP contribution in [0.3, 0.4) is 0 Å². The van der Waals surface area contributed by atoms with Crippen molar-refractivity contribution in [3.05, 3.63) is 179 Å². The van der Waals surface area contributed by atoms with Gasteiger partial charge in [0.2, 0.25) is 0 Å². The molecule has 8 rings (SSSR count). The van der Waals surface area contributed by atoms with Crippen LogP contribution in [0.2, 0.25) is 0 Å². The fourth-order valence-corrected chi connectivity index (χ4v) is 53.8. The van der Waals surface area contributed by atoms with Gasteiger partial charge in [-0.3, -0.25) is 0 Å². The summed E-state index contributed by atoms with van der Waals surface area (Å²) < 4.78 is -0.215. The van der Waals surface area contributed by atoms with Gasteiger partial charge in [0.25, 0.3) is 0 Å². The number of halogens is 2. The van der Waals surface area contributed by atoms with E-state index in [4.69, 9.17) is 27.0 Å². The Morgan fingerprint density at radius 1 is 0.521 bits per heavy atom. The fourth-order valence-electron chi connectivity index (χ4n) is 8.34. The summed E-state index contributed by atoms with van der Waals surface area (Å²) in [5, 5.41) is 2.58. The van der Waals surface area contributed by atoms with Crippen LogP contribution in [-0.2, 0) is 15.6 Å². The van der Waals surface area contributed by atoms with Crippen LogP contribution in [0, 0.1) is 13.8 Å². The van der Waals surface area contributed by atoms with Gasteiger partial charge >= 0.3 is 294 Å². The summed E-state index contributed by atoms with van der Waals surface area (Å²) in [6.45, 7) is 4.43. The van der Waals surface area contributed by atoms with E-state index in [1.54, 1.807) is 0 Å². The molecule has 4 aromatic carbocycles. The molecule has 0 spiro atoms. The molecule has 6 heteroatoms. The predicted molar refractivity (Wildman–Crippen MR) is 203 cm³/mol. The van der Waals surface area contributed by atoms with Gasteiger partial charge in [0.05, 0.1) is 0 Å². The molecule has 0 amide bonds. The summed E-state index contributed by atoms with van der Waals surface area (Å²) in [4.78, 5) is 9.51. The summed E-state index contributed by atoms with van der Waals surface area (Å²) in [5.74, 6) is -2.33. The third kappa shape index (κ3) is 5.00. The van der Waals surface area contributed by atoms with Crippen LogP contribution < -0.4 is 10.4 Å². The quantitative estimate of drug-likeness (QED) is 0.152. The van der Waals surface area contributed by atoms with Crippen LogP contribution in [0.25, 0.3) is 34.7 Å². The zero-order chi connectivity index (χ0) is 32.9. The normalized spacial score (nSPS) is 17.2. The Labute approximate surface area is 291 Å². The van der Waals surface area contributed by atoms with Crippen LogP contribution >= 0.6 is 17.0 Å². The van der Waals surface area contributed by atoms with E-state index < -0.39 is 21.5 Å². The Balaban J connectivity index is 1.44. The Hall–Kier alpha value is -3.66. The first-order valence-electron chi connectivity index (χ1n) is 16.5. The number of aromatic nitrogens is 2. The van der Waals surface area contributed by atoms with Crippen molar-refractivity contribution in [3.8, 4) is 22.5 Å². The number of hydrogen-bond donors (Lipinski definition) is 0. The first-order valence-corrected chi connectivity index (χ1v) is 31.7. The van der Waals surface area contributed by atoms with Crippen molar-refractivity contribution in [2.75, 3.05) is 0 Å². The maximum absolute atomic E-state index is 8.94. The van der Waals surface area contributed by atoms with Crippen molar-refractivity contribution in [1.29, 1.82) is 0 Å². The molecular weight excluding hydrogens is 723 g/mol. The first kappa shape index (κ1) is 31.6. The van der Waals surface area contributed by atoms with Gasteiger partial charge in [0.15, 0.2) is 0 Å². The van der Waals surface area contributed by atoms with E-state index in [1.807, 2.05) is 24.5 Å². The zero-order valence-corrected chi connectivity index (χ0v) is 32.0. The minimum absolute atomic E-state index is 0.107. The summed E-state index contributed by atoms with van der Waals surface area (Å²) in [5.41, 5.74) is 11.5. The van der Waals surface area contributed by atoms with E-state index in [0.717, 1.165) is 22.5 Å². The van der Waals surface area contributed by atoms with E-state index in [9.17, 15) is 0 Å². The summed E-state index contributed by atoms with van der Waals surface area (Å²) in [6.07, 6.45) is 13.0. The van der Waals surface area contributed by atoms with Gasteiger partial charge in [-0.1, -0.05) is 0 Å². The van der Waals surface area contributed by atoms with E-state index in [1.165, 1.54) is 43.8 Å². The molecule has 6 aromatic rings. The minimum atomic E-state index is -5.33. The number of allylic oxidation sites excluding steroid dienone is 2. The molecule has 2 nitrogen and oxygen atoms in total. The third-order valence-corrected chi connectivity index (χ3v) is 52.5. The van der Waals surface area contributed by atoms with Crippen molar-refractivity contribution >= 4 is 45.5 Å². The number of hydrogen-bond acceptors (Lipinski definition) is 2. The summed E-state index contributed by atoms with van der Waals surface area (Å²) in [6, 6.07) is 42.9. The van der Waals surface area contributed by atoms with Gasteiger partial charge in [-0.05, 0) is 0 Å². The molecule has 235 valence electrons. The van der Waals surface area contributed by atoms with Crippen molar-refractivity contribution < 1.29 is 15.6 Å². The molecule has 2 unspecified atom stereocenters. The first-order chi connectivity index (χ1) is 23.4. The number of rotatable bonds is 7. The number of pyridine rings is 2. The number of aryl methyl sites for hydroxylation is 2. The van der Waals surface area contributed by atoms with E-state index in [2.05, 4.69) is 147 Å². The molecule has 0 saturated heterocycles. The molecule has 2 aromatic heterocycles. The molecule has 2 heterocycles. The van der Waals surface area contributed by atoms with E-state index >= 15 is 0 Å². The van der Waals surface area contributed by atoms with Gasteiger partial charge in [0.1, 0.15) is 0 Å². The van der Waals surface area contributed by atoms with Crippen LogP contribution in [-0.4, -0.2) is 15.9 Å².